The lowest BCUT2D eigenvalue weighted by Crippen LogP contribution is -2.29. The van der Waals surface area contributed by atoms with E-state index in [1.54, 1.807) is 0 Å². The minimum Gasteiger partial charge on any atom is -0.362 e. The summed E-state index contributed by atoms with van der Waals surface area (Å²) in [7, 11) is 0. The number of rotatable bonds is 7. The van der Waals surface area contributed by atoms with Crippen LogP contribution in [0.1, 0.15) is 17.5 Å². The Morgan fingerprint density at radius 2 is 1.87 bits per heavy atom. The molecule has 0 amide bonds. The van der Waals surface area contributed by atoms with E-state index in [2.05, 4.69) is 57.8 Å². The van der Waals surface area contributed by atoms with Gasteiger partial charge in [0.05, 0.1) is 0 Å². The highest BCUT2D eigenvalue weighted by Crippen LogP contribution is 2.16. The molecule has 0 saturated heterocycles. The van der Waals surface area contributed by atoms with Gasteiger partial charge in [-0.05, 0) is 66.7 Å². The van der Waals surface area contributed by atoms with Crippen molar-refractivity contribution < 1.29 is 0 Å². The minimum atomic E-state index is 0.677. The molecule has 23 heavy (non-hydrogen) atoms. The second kappa shape index (κ2) is 9.96. The van der Waals surface area contributed by atoms with Gasteiger partial charge in [-0.25, -0.2) is 0 Å². The van der Waals surface area contributed by atoms with Crippen LogP contribution in [0.15, 0.2) is 53.0 Å². The third-order valence-electron chi connectivity index (χ3n) is 3.37. The van der Waals surface area contributed by atoms with E-state index in [0.717, 1.165) is 34.6 Å². The smallest absolute Gasteiger partial charge is 0.170 e. The minimum absolute atomic E-state index is 0.677. The zero-order chi connectivity index (χ0) is 16.5. The Kier molecular flexibility index (Phi) is 7.92. The van der Waals surface area contributed by atoms with Crippen LogP contribution in [-0.2, 0) is 5.75 Å². The van der Waals surface area contributed by atoms with Gasteiger partial charge in [-0.2, -0.15) is 11.8 Å². The van der Waals surface area contributed by atoms with Gasteiger partial charge in [-0.3, -0.25) is 0 Å². The fraction of sp³-hybridized carbons (Fsp3) is 0.278. The average Bonchev–Trinajstić information content (AvgIpc) is 2.54. The number of anilines is 1. The van der Waals surface area contributed by atoms with Crippen molar-refractivity contribution in [2.45, 2.75) is 19.1 Å². The number of thioether (sulfide) groups is 1. The Balaban J connectivity index is 1.57. The van der Waals surface area contributed by atoms with Gasteiger partial charge in [-0.1, -0.05) is 40.2 Å². The van der Waals surface area contributed by atoms with E-state index < -0.39 is 0 Å². The van der Waals surface area contributed by atoms with Crippen molar-refractivity contribution in [2.24, 2.45) is 0 Å². The summed E-state index contributed by atoms with van der Waals surface area (Å²) in [6, 6.07) is 16.6. The van der Waals surface area contributed by atoms with Gasteiger partial charge >= 0.3 is 0 Å². The van der Waals surface area contributed by atoms with Crippen LogP contribution >= 0.6 is 39.9 Å². The second-order valence-electron chi connectivity index (χ2n) is 5.22. The molecule has 2 rings (SSSR count). The van der Waals surface area contributed by atoms with Gasteiger partial charge in [-0.15, -0.1) is 0 Å². The van der Waals surface area contributed by atoms with Crippen molar-refractivity contribution in [3.8, 4) is 0 Å². The molecule has 122 valence electrons. The molecule has 0 bridgehead atoms. The molecule has 2 aromatic rings. The van der Waals surface area contributed by atoms with Crippen LogP contribution in [0.4, 0.5) is 5.69 Å². The number of benzene rings is 2. The summed E-state index contributed by atoms with van der Waals surface area (Å²) in [6.07, 6.45) is 1.10. The van der Waals surface area contributed by atoms with E-state index in [4.69, 9.17) is 12.2 Å². The van der Waals surface area contributed by atoms with Gasteiger partial charge < -0.3 is 10.6 Å². The Morgan fingerprint density at radius 1 is 1.13 bits per heavy atom. The fourth-order valence-electron chi connectivity index (χ4n) is 2.04. The van der Waals surface area contributed by atoms with Gasteiger partial charge in [0, 0.05) is 22.5 Å². The predicted molar refractivity (Wildman–Crippen MR) is 110 cm³/mol. The van der Waals surface area contributed by atoms with Crippen molar-refractivity contribution in [3.63, 3.8) is 0 Å². The number of aryl methyl sites for hydroxylation is 1. The summed E-state index contributed by atoms with van der Waals surface area (Å²) in [5, 5.41) is 7.11. The SMILES string of the molecule is Cc1ccccc1CSCCCNC(=S)Nc1ccc(Br)cc1. The predicted octanol–water partition coefficient (Wildman–Crippen LogP) is 5.37. The maximum Gasteiger partial charge on any atom is 0.170 e. The first kappa shape index (κ1) is 18.3. The molecule has 0 unspecified atom stereocenters. The average molecular weight is 409 g/mol. The molecule has 0 aliphatic heterocycles. The molecule has 2 aromatic carbocycles. The van der Waals surface area contributed by atoms with Crippen LogP contribution in [0.3, 0.4) is 0 Å². The molecule has 0 aliphatic carbocycles. The highest BCUT2D eigenvalue weighted by atomic mass is 79.9. The maximum atomic E-state index is 5.30. The molecule has 0 saturated carbocycles. The van der Waals surface area contributed by atoms with Crippen LogP contribution < -0.4 is 10.6 Å². The maximum absolute atomic E-state index is 5.30. The summed E-state index contributed by atoms with van der Waals surface area (Å²) in [6.45, 7) is 3.06. The Bertz CT molecular complexity index is 629. The molecule has 2 N–H and O–H groups in total. The number of halogens is 1. The third-order valence-corrected chi connectivity index (χ3v) is 5.24. The lowest BCUT2D eigenvalue weighted by atomic mass is 10.1. The van der Waals surface area contributed by atoms with Crippen molar-refractivity contribution in [2.75, 3.05) is 17.6 Å². The molecule has 0 aliphatic rings. The summed E-state index contributed by atoms with van der Waals surface area (Å²) >= 11 is 10.7. The number of hydrogen-bond acceptors (Lipinski definition) is 2. The van der Waals surface area contributed by atoms with Crippen molar-refractivity contribution >= 4 is 50.7 Å². The monoisotopic (exact) mass is 408 g/mol. The Labute approximate surface area is 156 Å². The largest absolute Gasteiger partial charge is 0.362 e. The summed E-state index contributed by atoms with van der Waals surface area (Å²) in [5.41, 5.74) is 3.80. The molecule has 0 atom stereocenters. The van der Waals surface area contributed by atoms with Crippen LogP contribution in [0.5, 0.6) is 0 Å². The molecule has 0 spiro atoms. The topological polar surface area (TPSA) is 24.1 Å². The summed E-state index contributed by atoms with van der Waals surface area (Å²) < 4.78 is 1.06. The van der Waals surface area contributed by atoms with E-state index in [1.807, 2.05) is 36.0 Å². The van der Waals surface area contributed by atoms with Gasteiger partial charge in [0.25, 0.3) is 0 Å². The zero-order valence-corrected chi connectivity index (χ0v) is 16.4. The van der Waals surface area contributed by atoms with Crippen molar-refractivity contribution in [3.05, 3.63) is 64.1 Å². The van der Waals surface area contributed by atoms with E-state index in [0.29, 0.717) is 5.11 Å². The molecule has 0 heterocycles. The van der Waals surface area contributed by atoms with Crippen LogP contribution in [-0.4, -0.2) is 17.4 Å². The molecule has 5 heteroatoms. The molecule has 2 nitrogen and oxygen atoms in total. The normalized spacial score (nSPS) is 10.3. The van der Waals surface area contributed by atoms with E-state index >= 15 is 0 Å². The Hall–Kier alpha value is -1.04. The molecular formula is C18H21BrN2S2. The van der Waals surface area contributed by atoms with Crippen LogP contribution in [0, 0.1) is 6.92 Å². The molecular weight excluding hydrogens is 388 g/mol. The second-order valence-corrected chi connectivity index (χ2v) is 7.65. The van der Waals surface area contributed by atoms with Crippen molar-refractivity contribution in [1.29, 1.82) is 0 Å². The standard InChI is InChI=1S/C18H21BrN2S2/c1-14-5-2-3-6-15(14)13-23-12-4-11-20-18(22)21-17-9-7-16(19)8-10-17/h2-3,5-10H,4,11-13H2,1H3,(H2,20,21,22). The summed E-state index contributed by atoms with van der Waals surface area (Å²) in [5.74, 6) is 2.20. The van der Waals surface area contributed by atoms with Gasteiger partial charge in [0.15, 0.2) is 5.11 Å². The third kappa shape index (κ3) is 6.94. The first-order chi connectivity index (χ1) is 11.1. The first-order valence-electron chi connectivity index (χ1n) is 7.58. The number of nitrogens with one attached hydrogen (secondary N) is 2. The van der Waals surface area contributed by atoms with Crippen LogP contribution in [0.2, 0.25) is 0 Å². The van der Waals surface area contributed by atoms with Gasteiger partial charge in [0.2, 0.25) is 0 Å². The lowest BCUT2D eigenvalue weighted by Gasteiger charge is -2.10. The van der Waals surface area contributed by atoms with Gasteiger partial charge in [0.1, 0.15) is 0 Å². The van der Waals surface area contributed by atoms with E-state index in [-0.39, 0.29) is 0 Å². The molecule has 0 aromatic heterocycles. The number of thiocarbonyl (C=S) groups is 1. The van der Waals surface area contributed by atoms with Crippen LogP contribution in [0.25, 0.3) is 0 Å². The fourth-order valence-corrected chi connectivity index (χ4v) is 3.56. The Morgan fingerprint density at radius 3 is 2.61 bits per heavy atom. The quantitative estimate of drug-likeness (QED) is 0.475. The molecule has 0 fully saturated rings. The van der Waals surface area contributed by atoms with Crippen molar-refractivity contribution in [1.82, 2.24) is 5.32 Å². The number of hydrogen-bond donors (Lipinski definition) is 2. The van der Waals surface area contributed by atoms with E-state index in [1.165, 1.54) is 11.1 Å². The highest BCUT2D eigenvalue weighted by Gasteiger charge is 1.99. The first-order valence-corrected chi connectivity index (χ1v) is 9.93. The highest BCUT2D eigenvalue weighted by molar-refractivity contribution is 9.10. The zero-order valence-electron chi connectivity index (χ0n) is 13.1. The molecule has 0 radical (unpaired) electrons. The van der Waals surface area contributed by atoms with E-state index in [9.17, 15) is 0 Å². The lowest BCUT2D eigenvalue weighted by molar-refractivity contribution is 0.854. The summed E-state index contributed by atoms with van der Waals surface area (Å²) in [4.78, 5) is 0.